The standard InChI is InChI=1S/C17H20N4O/c1-12-10-15(20-19-12)16(22)21-8-6-17(7-9-21)11-18-14-5-3-2-4-13(14)17/h2-5,10,18H,6-9,11H2,1H3,(H,19,20). The third-order valence-corrected chi connectivity index (χ3v) is 5.05. The quantitative estimate of drug-likeness (QED) is 0.849. The Labute approximate surface area is 129 Å². The monoisotopic (exact) mass is 296 g/mol. The van der Waals surface area contributed by atoms with E-state index in [2.05, 4.69) is 39.8 Å². The lowest BCUT2D eigenvalue weighted by molar-refractivity contribution is 0.0670. The van der Waals surface area contributed by atoms with Crippen LogP contribution in [0.5, 0.6) is 0 Å². The minimum atomic E-state index is 0.0402. The second-order valence-corrected chi connectivity index (χ2v) is 6.41. The molecular weight excluding hydrogens is 276 g/mol. The first-order valence-electron chi connectivity index (χ1n) is 7.83. The molecule has 0 atom stereocenters. The van der Waals surface area contributed by atoms with Gasteiger partial charge in [0.25, 0.3) is 5.91 Å². The molecule has 22 heavy (non-hydrogen) atoms. The maximum Gasteiger partial charge on any atom is 0.274 e. The number of anilines is 1. The van der Waals surface area contributed by atoms with E-state index in [-0.39, 0.29) is 11.3 Å². The van der Waals surface area contributed by atoms with Crippen LogP contribution in [-0.2, 0) is 5.41 Å². The first-order chi connectivity index (χ1) is 10.7. The Morgan fingerprint density at radius 1 is 1.27 bits per heavy atom. The van der Waals surface area contributed by atoms with E-state index in [1.54, 1.807) is 0 Å². The number of aryl methyl sites for hydroxylation is 1. The topological polar surface area (TPSA) is 61.0 Å². The Hall–Kier alpha value is -2.30. The minimum absolute atomic E-state index is 0.0402. The highest BCUT2D eigenvalue weighted by Gasteiger charge is 2.42. The van der Waals surface area contributed by atoms with Crippen LogP contribution in [0.3, 0.4) is 0 Å². The molecule has 2 N–H and O–H groups in total. The molecule has 0 saturated carbocycles. The van der Waals surface area contributed by atoms with Crippen molar-refractivity contribution in [3.63, 3.8) is 0 Å². The van der Waals surface area contributed by atoms with E-state index in [1.807, 2.05) is 17.9 Å². The van der Waals surface area contributed by atoms with E-state index in [4.69, 9.17) is 0 Å². The van der Waals surface area contributed by atoms with Gasteiger partial charge in [0.15, 0.2) is 0 Å². The first kappa shape index (κ1) is 13.4. The summed E-state index contributed by atoms with van der Waals surface area (Å²) in [6.07, 6.45) is 2.01. The Morgan fingerprint density at radius 3 is 2.77 bits per heavy atom. The average molecular weight is 296 g/mol. The number of carbonyl (C=O) groups excluding carboxylic acids is 1. The fourth-order valence-corrected chi connectivity index (χ4v) is 3.73. The molecule has 1 aromatic carbocycles. The van der Waals surface area contributed by atoms with E-state index in [1.165, 1.54) is 11.3 Å². The summed E-state index contributed by atoms with van der Waals surface area (Å²) in [6, 6.07) is 10.4. The first-order valence-corrected chi connectivity index (χ1v) is 7.83. The molecule has 0 aliphatic carbocycles. The summed E-state index contributed by atoms with van der Waals surface area (Å²) < 4.78 is 0. The van der Waals surface area contributed by atoms with Crippen LogP contribution < -0.4 is 5.32 Å². The molecule has 2 aliphatic rings. The van der Waals surface area contributed by atoms with Gasteiger partial charge in [0.2, 0.25) is 0 Å². The predicted molar refractivity (Wildman–Crippen MR) is 85.1 cm³/mol. The second-order valence-electron chi connectivity index (χ2n) is 6.41. The lowest BCUT2D eigenvalue weighted by Crippen LogP contribution is -2.46. The highest BCUT2D eigenvalue weighted by atomic mass is 16.2. The van der Waals surface area contributed by atoms with Gasteiger partial charge in [0.05, 0.1) is 0 Å². The molecule has 2 aliphatic heterocycles. The zero-order valence-corrected chi connectivity index (χ0v) is 12.7. The Kier molecular flexibility index (Phi) is 2.96. The third-order valence-electron chi connectivity index (χ3n) is 5.05. The van der Waals surface area contributed by atoms with Crippen LogP contribution in [0.2, 0.25) is 0 Å². The number of likely N-dealkylation sites (tertiary alicyclic amines) is 1. The molecule has 1 fully saturated rings. The molecule has 2 aromatic rings. The maximum atomic E-state index is 12.5. The lowest BCUT2D eigenvalue weighted by atomic mass is 9.74. The van der Waals surface area contributed by atoms with Crippen LogP contribution in [-0.4, -0.2) is 40.6 Å². The van der Waals surface area contributed by atoms with Gasteiger partial charge in [0.1, 0.15) is 5.69 Å². The van der Waals surface area contributed by atoms with Crippen molar-refractivity contribution in [1.82, 2.24) is 15.1 Å². The number of nitrogens with zero attached hydrogens (tertiary/aromatic N) is 2. The van der Waals surface area contributed by atoms with Gasteiger partial charge in [-0.3, -0.25) is 9.89 Å². The number of piperidine rings is 1. The number of carbonyl (C=O) groups is 1. The summed E-state index contributed by atoms with van der Waals surface area (Å²) in [7, 11) is 0. The van der Waals surface area contributed by atoms with Crippen molar-refractivity contribution in [3.05, 3.63) is 47.3 Å². The number of rotatable bonds is 1. The molecule has 1 saturated heterocycles. The normalized spacial score (nSPS) is 19.0. The minimum Gasteiger partial charge on any atom is -0.384 e. The number of H-pyrrole nitrogens is 1. The molecule has 0 radical (unpaired) electrons. The van der Waals surface area contributed by atoms with Gasteiger partial charge in [-0.15, -0.1) is 0 Å². The average Bonchev–Trinajstić information content (AvgIpc) is 3.13. The van der Waals surface area contributed by atoms with Gasteiger partial charge in [-0.1, -0.05) is 18.2 Å². The van der Waals surface area contributed by atoms with Gasteiger partial charge in [-0.2, -0.15) is 5.10 Å². The summed E-state index contributed by atoms with van der Waals surface area (Å²) in [4.78, 5) is 14.4. The summed E-state index contributed by atoms with van der Waals surface area (Å²) in [5.41, 5.74) is 4.31. The molecule has 0 bridgehead atoms. The van der Waals surface area contributed by atoms with E-state index < -0.39 is 0 Å². The van der Waals surface area contributed by atoms with Gasteiger partial charge < -0.3 is 10.2 Å². The molecule has 5 nitrogen and oxygen atoms in total. The molecule has 3 heterocycles. The van der Waals surface area contributed by atoms with Gasteiger partial charge in [-0.25, -0.2) is 0 Å². The fraction of sp³-hybridized carbons (Fsp3) is 0.412. The number of fused-ring (bicyclic) bond motifs is 2. The smallest absolute Gasteiger partial charge is 0.274 e. The molecule has 5 heteroatoms. The predicted octanol–water partition coefficient (Wildman–Crippen LogP) is 2.32. The summed E-state index contributed by atoms with van der Waals surface area (Å²) >= 11 is 0. The number of hydrogen-bond donors (Lipinski definition) is 2. The third kappa shape index (κ3) is 2.00. The Balaban J connectivity index is 1.51. The Bertz CT molecular complexity index is 713. The summed E-state index contributed by atoms with van der Waals surface area (Å²) in [6.45, 7) is 4.48. The van der Waals surface area contributed by atoms with Crippen molar-refractivity contribution in [2.75, 3.05) is 25.0 Å². The number of nitrogens with one attached hydrogen (secondary N) is 2. The highest BCUT2D eigenvalue weighted by Crippen LogP contribution is 2.43. The number of benzene rings is 1. The van der Waals surface area contributed by atoms with Crippen LogP contribution in [0.4, 0.5) is 5.69 Å². The number of para-hydroxylation sites is 1. The molecule has 114 valence electrons. The molecule has 0 unspecified atom stereocenters. The summed E-state index contributed by atoms with van der Waals surface area (Å²) in [5, 5.41) is 10.4. The lowest BCUT2D eigenvalue weighted by Gasteiger charge is -2.39. The molecule has 1 aromatic heterocycles. The van der Waals surface area contributed by atoms with Crippen molar-refractivity contribution in [3.8, 4) is 0 Å². The van der Waals surface area contributed by atoms with Crippen LogP contribution in [0, 0.1) is 6.92 Å². The fourth-order valence-electron chi connectivity index (χ4n) is 3.73. The van der Waals surface area contributed by atoms with Crippen molar-refractivity contribution in [2.24, 2.45) is 0 Å². The zero-order chi connectivity index (χ0) is 15.2. The number of aromatic nitrogens is 2. The van der Waals surface area contributed by atoms with E-state index in [0.29, 0.717) is 5.69 Å². The molecule has 1 amide bonds. The molecular formula is C17H20N4O. The second kappa shape index (κ2) is 4.87. The van der Waals surface area contributed by atoms with Crippen LogP contribution in [0.15, 0.2) is 30.3 Å². The number of amides is 1. The van der Waals surface area contributed by atoms with Crippen LogP contribution in [0.1, 0.15) is 34.6 Å². The van der Waals surface area contributed by atoms with Gasteiger partial charge in [0, 0.05) is 36.4 Å². The Morgan fingerprint density at radius 2 is 2.05 bits per heavy atom. The highest BCUT2D eigenvalue weighted by molar-refractivity contribution is 5.92. The zero-order valence-electron chi connectivity index (χ0n) is 12.7. The summed E-state index contributed by atoms with van der Waals surface area (Å²) in [5.74, 6) is 0.0402. The SMILES string of the molecule is Cc1cc(C(=O)N2CCC3(CC2)CNc2ccccc23)n[nH]1. The van der Waals surface area contributed by atoms with Crippen molar-refractivity contribution < 1.29 is 4.79 Å². The van der Waals surface area contributed by atoms with Crippen LogP contribution in [0.25, 0.3) is 0 Å². The van der Waals surface area contributed by atoms with E-state index in [9.17, 15) is 4.79 Å². The molecule has 4 rings (SSSR count). The maximum absolute atomic E-state index is 12.5. The van der Waals surface area contributed by atoms with Crippen molar-refractivity contribution in [2.45, 2.75) is 25.2 Å². The van der Waals surface area contributed by atoms with Crippen molar-refractivity contribution >= 4 is 11.6 Å². The van der Waals surface area contributed by atoms with E-state index in [0.717, 1.165) is 38.2 Å². The van der Waals surface area contributed by atoms with Gasteiger partial charge in [-0.05, 0) is 37.5 Å². The van der Waals surface area contributed by atoms with Crippen molar-refractivity contribution in [1.29, 1.82) is 0 Å². The van der Waals surface area contributed by atoms with Crippen LogP contribution >= 0.6 is 0 Å². The molecule has 1 spiro atoms. The van der Waals surface area contributed by atoms with Gasteiger partial charge >= 0.3 is 0 Å². The number of aromatic amines is 1. The van der Waals surface area contributed by atoms with E-state index >= 15 is 0 Å². The largest absolute Gasteiger partial charge is 0.384 e. The number of hydrogen-bond acceptors (Lipinski definition) is 3.